The van der Waals surface area contributed by atoms with Crippen molar-refractivity contribution in [3.05, 3.63) is 72.3 Å². The van der Waals surface area contributed by atoms with E-state index in [9.17, 15) is 44.0 Å². The zero-order chi connectivity index (χ0) is 39.7. The fraction of sp³-hybridized carbons (Fsp3) is 0.219. The molecule has 2 heterocycles. The van der Waals surface area contributed by atoms with Crippen LogP contribution in [0.25, 0.3) is 10.8 Å². The predicted molar refractivity (Wildman–Crippen MR) is 200 cm³/mol. The number of azo groups is 1. The summed E-state index contributed by atoms with van der Waals surface area (Å²) < 4.78 is 106. The molecule has 4 aromatic carbocycles. The van der Waals surface area contributed by atoms with E-state index in [4.69, 9.17) is 4.74 Å². The second-order valence-electron chi connectivity index (χ2n) is 12.0. The normalized spacial score (nSPS) is 14.0. The maximum atomic E-state index is 12.4. The van der Waals surface area contributed by atoms with Gasteiger partial charge in [0.2, 0.25) is 17.8 Å². The minimum atomic E-state index is -4.83. The highest BCUT2D eigenvalue weighted by atomic mass is 32.2. The first-order valence-corrected chi connectivity index (χ1v) is 20.3. The molecule has 1 saturated heterocycles. The molecule has 0 bridgehead atoms. The average Bonchev–Trinajstić information content (AvgIpc) is 3.13. The van der Waals surface area contributed by atoms with Crippen molar-refractivity contribution >= 4 is 81.7 Å². The highest BCUT2D eigenvalue weighted by Gasteiger charge is 2.22. The van der Waals surface area contributed by atoms with Gasteiger partial charge in [-0.1, -0.05) is 18.2 Å². The van der Waals surface area contributed by atoms with Crippen LogP contribution in [0.5, 0.6) is 5.75 Å². The summed E-state index contributed by atoms with van der Waals surface area (Å²) in [6.45, 7) is 1.85. The number of ether oxygens (including phenoxy) is 1. The number of aromatic nitrogens is 3. The molecule has 1 aliphatic rings. The summed E-state index contributed by atoms with van der Waals surface area (Å²) >= 11 is 0. The molecule has 290 valence electrons. The van der Waals surface area contributed by atoms with E-state index in [0.29, 0.717) is 37.6 Å². The Morgan fingerprint density at radius 3 is 2.24 bits per heavy atom. The van der Waals surface area contributed by atoms with E-state index < -0.39 is 45.9 Å². The van der Waals surface area contributed by atoms with Crippen LogP contribution in [0.4, 0.5) is 40.6 Å². The zero-order valence-electron chi connectivity index (χ0n) is 28.9. The van der Waals surface area contributed by atoms with Crippen molar-refractivity contribution in [2.24, 2.45) is 10.2 Å². The molecule has 0 atom stereocenters. The highest BCUT2D eigenvalue weighted by molar-refractivity contribution is 7.86. The smallest absolute Gasteiger partial charge is 0.296 e. The molecular weight excluding hydrogens is 783 g/mol. The molecule has 0 unspecified atom stereocenters. The van der Waals surface area contributed by atoms with E-state index in [2.05, 4.69) is 35.8 Å². The van der Waals surface area contributed by atoms with Crippen molar-refractivity contribution < 1.29 is 48.8 Å². The van der Waals surface area contributed by atoms with Crippen LogP contribution in [-0.4, -0.2) is 99.4 Å². The molecule has 1 fully saturated rings. The topological polar surface area (TPSA) is 286 Å². The molecular formula is C32H33N9O11S3. The molecule has 20 nitrogen and oxygen atoms in total. The molecule has 5 aromatic rings. The number of anilines is 5. The number of hydrogen-bond donors (Lipinski definition) is 6. The molecule has 23 heteroatoms. The molecule has 0 amide bonds. The van der Waals surface area contributed by atoms with Crippen molar-refractivity contribution in [3.8, 4) is 5.75 Å². The fourth-order valence-corrected chi connectivity index (χ4v) is 7.27. The largest absolute Gasteiger partial charge is 0.507 e. The van der Waals surface area contributed by atoms with Gasteiger partial charge in [0.15, 0.2) is 0 Å². The Kier molecular flexibility index (Phi) is 10.9. The molecule has 0 spiro atoms. The highest BCUT2D eigenvalue weighted by Crippen LogP contribution is 2.42. The van der Waals surface area contributed by atoms with Crippen LogP contribution in [0.1, 0.15) is 5.56 Å². The van der Waals surface area contributed by atoms with Gasteiger partial charge in [0.25, 0.3) is 30.4 Å². The summed E-state index contributed by atoms with van der Waals surface area (Å²) in [6, 6.07) is 14.3. The Bertz CT molecular complexity index is 2660. The number of nitrogens with zero attached hydrogens (tertiary/aromatic N) is 7. The van der Waals surface area contributed by atoms with Gasteiger partial charge in [-0.05, 0) is 53.4 Å². The van der Waals surface area contributed by atoms with Crippen molar-refractivity contribution in [2.75, 3.05) is 60.8 Å². The minimum Gasteiger partial charge on any atom is -0.507 e. The number of hydrogen-bond acceptors (Lipinski definition) is 17. The SMILES string of the molecule is CNc1ccc2cc(S(=O)(=O)O)cc(O)c2c1N=Nc1cc(CN(C)c2nc(Nc3cccc(S(=O)(=O)O)c3)nc(N3CCOCC3)n2)ccc1S(=O)(=O)O. The van der Waals surface area contributed by atoms with Crippen molar-refractivity contribution in [3.63, 3.8) is 0 Å². The quantitative estimate of drug-likeness (QED) is 0.0762. The van der Waals surface area contributed by atoms with Gasteiger partial charge in [-0.3, -0.25) is 13.7 Å². The van der Waals surface area contributed by atoms with E-state index in [-0.39, 0.29) is 57.1 Å². The second-order valence-corrected chi connectivity index (χ2v) is 16.3. The summed E-state index contributed by atoms with van der Waals surface area (Å²) in [6.07, 6.45) is 0. The molecule has 6 rings (SSSR count). The lowest BCUT2D eigenvalue weighted by atomic mass is 10.1. The maximum absolute atomic E-state index is 12.4. The van der Waals surface area contributed by atoms with Gasteiger partial charge in [-0.2, -0.15) is 40.2 Å². The first kappa shape index (κ1) is 39.1. The lowest BCUT2D eigenvalue weighted by Gasteiger charge is -2.28. The minimum absolute atomic E-state index is 0.00817. The number of phenolic OH excluding ortho intramolecular Hbond substituents is 1. The summed E-state index contributed by atoms with van der Waals surface area (Å²) in [5.74, 6) is -0.0759. The Balaban J connectivity index is 1.37. The summed E-state index contributed by atoms with van der Waals surface area (Å²) in [5, 5.41) is 25.2. The third kappa shape index (κ3) is 9.05. The monoisotopic (exact) mass is 815 g/mol. The number of aromatic hydroxyl groups is 1. The van der Waals surface area contributed by atoms with E-state index >= 15 is 0 Å². The van der Waals surface area contributed by atoms with E-state index in [1.165, 1.54) is 42.5 Å². The Morgan fingerprint density at radius 1 is 0.836 bits per heavy atom. The molecule has 1 aromatic heterocycles. The van der Waals surface area contributed by atoms with Gasteiger partial charge in [-0.15, -0.1) is 10.2 Å². The standard InChI is InChI=1S/C32H33N9O11S3/c1-33-24-8-7-20-15-23(54(46,47)48)17-26(42)28(20)29(24)39-38-25-14-19(6-9-27(25)55(49,50)51)18-40(2)31-35-30(36-32(37-31)41-10-12-52-13-11-41)34-21-4-3-5-22(16-21)53(43,44)45/h3-9,14-17,33,42H,10-13,18H2,1-2H3,(H,43,44,45)(H,46,47,48)(H,49,50,51)(H,34,35,36,37). The van der Waals surface area contributed by atoms with Crippen molar-refractivity contribution in [1.29, 1.82) is 0 Å². The van der Waals surface area contributed by atoms with Crippen LogP contribution < -0.4 is 20.4 Å². The number of benzene rings is 4. The zero-order valence-corrected chi connectivity index (χ0v) is 31.3. The number of nitrogens with one attached hydrogen (secondary N) is 2. The molecule has 55 heavy (non-hydrogen) atoms. The van der Waals surface area contributed by atoms with Gasteiger partial charge in [-0.25, -0.2) is 0 Å². The lowest BCUT2D eigenvalue weighted by molar-refractivity contribution is 0.122. The average molecular weight is 816 g/mol. The van der Waals surface area contributed by atoms with Gasteiger partial charge in [0, 0.05) is 45.5 Å². The van der Waals surface area contributed by atoms with Crippen molar-refractivity contribution in [1.82, 2.24) is 15.0 Å². The fourth-order valence-electron chi connectivity index (χ4n) is 5.61. The van der Waals surface area contributed by atoms with Crippen LogP contribution in [0, 0.1) is 0 Å². The first-order valence-electron chi connectivity index (χ1n) is 16.0. The van der Waals surface area contributed by atoms with E-state index in [1.807, 2.05) is 4.90 Å². The van der Waals surface area contributed by atoms with Crippen LogP contribution in [0.15, 0.2) is 91.6 Å². The van der Waals surface area contributed by atoms with Crippen molar-refractivity contribution in [2.45, 2.75) is 21.2 Å². The number of rotatable bonds is 12. The first-order chi connectivity index (χ1) is 25.9. The molecule has 0 saturated carbocycles. The number of fused-ring (bicyclic) bond motifs is 1. The third-order valence-electron chi connectivity index (χ3n) is 8.22. The summed E-state index contributed by atoms with van der Waals surface area (Å²) in [5.41, 5.74) is 0.743. The van der Waals surface area contributed by atoms with Gasteiger partial charge >= 0.3 is 0 Å². The molecule has 1 aliphatic heterocycles. The predicted octanol–water partition coefficient (Wildman–Crippen LogP) is 4.14. The van der Waals surface area contributed by atoms with E-state index in [0.717, 1.165) is 18.2 Å². The Labute approximate surface area is 314 Å². The third-order valence-corrected chi connectivity index (χ3v) is 10.8. The Morgan fingerprint density at radius 2 is 1.56 bits per heavy atom. The number of phenols is 1. The number of morpholine rings is 1. The molecule has 0 radical (unpaired) electrons. The van der Waals surface area contributed by atoms with Crippen LogP contribution in [0.3, 0.4) is 0 Å². The van der Waals surface area contributed by atoms with Crippen LogP contribution in [-0.2, 0) is 41.6 Å². The summed E-state index contributed by atoms with van der Waals surface area (Å²) in [7, 11) is -10.8. The van der Waals surface area contributed by atoms with Gasteiger partial charge < -0.3 is 30.3 Å². The maximum Gasteiger partial charge on any atom is 0.296 e. The Hall–Kier alpha value is -5.56. The van der Waals surface area contributed by atoms with Crippen LogP contribution >= 0.6 is 0 Å². The lowest BCUT2D eigenvalue weighted by Crippen LogP contribution is -2.38. The van der Waals surface area contributed by atoms with Gasteiger partial charge in [0.1, 0.15) is 22.0 Å². The summed E-state index contributed by atoms with van der Waals surface area (Å²) in [4.78, 5) is 15.6. The van der Waals surface area contributed by atoms with Crippen LogP contribution in [0.2, 0.25) is 0 Å². The second kappa shape index (κ2) is 15.3. The molecule has 6 N–H and O–H groups in total. The van der Waals surface area contributed by atoms with Gasteiger partial charge in [0.05, 0.1) is 34.1 Å². The van der Waals surface area contributed by atoms with E-state index in [1.54, 1.807) is 25.1 Å². The molecule has 0 aliphatic carbocycles.